The van der Waals surface area contributed by atoms with Gasteiger partial charge in [-0.1, -0.05) is 147 Å². The summed E-state index contributed by atoms with van der Waals surface area (Å²) in [6.07, 6.45) is 0. The van der Waals surface area contributed by atoms with Crippen LogP contribution in [0.25, 0.3) is 97.0 Å². The average molecular weight is 679 g/mol. The summed E-state index contributed by atoms with van der Waals surface area (Å²) in [5.74, 6) is 0. The van der Waals surface area contributed by atoms with E-state index in [1.807, 2.05) is 11.3 Å². The van der Waals surface area contributed by atoms with Crippen molar-refractivity contribution in [3.8, 4) is 44.5 Å². The topological polar surface area (TPSA) is 0 Å². The maximum atomic E-state index is 2.49. The van der Waals surface area contributed by atoms with Crippen LogP contribution in [0.4, 0.5) is 0 Å². The third-order valence-electron chi connectivity index (χ3n) is 11.6. The van der Waals surface area contributed by atoms with Crippen LogP contribution in [0.5, 0.6) is 0 Å². The van der Waals surface area contributed by atoms with E-state index in [0.29, 0.717) is 0 Å². The predicted octanol–water partition coefficient (Wildman–Crippen LogP) is 14.8. The van der Waals surface area contributed by atoms with Crippen LogP contribution in [0, 0.1) is 0 Å². The van der Waals surface area contributed by atoms with Crippen LogP contribution in [0.2, 0.25) is 0 Å². The van der Waals surface area contributed by atoms with Crippen molar-refractivity contribution < 1.29 is 0 Å². The summed E-state index contributed by atoms with van der Waals surface area (Å²) >= 11 is 1.89. The van der Waals surface area contributed by atoms with Crippen LogP contribution in [0.15, 0.2) is 170 Å². The zero-order chi connectivity index (χ0) is 34.6. The van der Waals surface area contributed by atoms with Gasteiger partial charge >= 0.3 is 0 Å². The number of rotatable bonds is 3. The number of fused-ring (bicyclic) bond motifs is 9. The molecule has 1 aliphatic carbocycles. The molecule has 1 heteroatoms. The smallest absolute Gasteiger partial charge is 0.0361 e. The molecule has 0 atom stereocenters. The molecular formula is C51H34S. The Hall–Kier alpha value is -6.02. The number of hydrogen-bond acceptors (Lipinski definition) is 1. The van der Waals surface area contributed by atoms with Crippen LogP contribution in [0.3, 0.4) is 0 Å². The molecule has 0 N–H and O–H groups in total. The minimum atomic E-state index is -0.148. The van der Waals surface area contributed by atoms with Crippen LogP contribution in [0.1, 0.15) is 25.0 Å². The van der Waals surface area contributed by atoms with Gasteiger partial charge in [-0.3, -0.25) is 0 Å². The molecule has 0 amide bonds. The molecule has 1 aromatic heterocycles. The molecule has 0 radical (unpaired) electrons. The van der Waals surface area contributed by atoms with E-state index in [-0.39, 0.29) is 5.41 Å². The fraction of sp³-hybridized carbons (Fsp3) is 0.0588. The van der Waals surface area contributed by atoms with E-state index < -0.39 is 0 Å². The van der Waals surface area contributed by atoms with Gasteiger partial charge in [-0.2, -0.15) is 0 Å². The first-order chi connectivity index (χ1) is 25.5. The first-order valence-electron chi connectivity index (χ1n) is 18.2. The Morgan fingerprint density at radius 2 is 0.827 bits per heavy atom. The van der Waals surface area contributed by atoms with Gasteiger partial charge in [0.2, 0.25) is 0 Å². The lowest BCUT2D eigenvalue weighted by Gasteiger charge is -2.23. The zero-order valence-corrected chi connectivity index (χ0v) is 29.9. The molecule has 0 spiro atoms. The van der Waals surface area contributed by atoms with Crippen molar-refractivity contribution in [2.45, 2.75) is 19.3 Å². The van der Waals surface area contributed by atoms with Gasteiger partial charge in [-0.05, 0) is 124 Å². The van der Waals surface area contributed by atoms with E-state index in [1.54, 1.807) is 0 Å². The van der Waals surface area contributed by atoms with E-state index in [0.717, 1.165) is 0 Å². The fourth-order valence-corrected chi connectivity index (χ4v) is 10.2. The maximum Gasteiger partial charge on any atom is 0.0361 e. The normalized spacial score (nSPS) is 13.3. The highest BCUT2D eigenvalue weighted by Crippen LogP contribution is 2.52. The summed E-state index contributed by atoms with van der Waals surface area (Å²) in [5.41, 5.74) is 13.0. The second-order valence-electron chi connectivity index (χ2n) is 14.9. The monoisotopic (exact) mass is 678 g/mol. The summed E-state index contributed by atoms with van der Waals surface area (Å²) in [6, 6.07) is 63.6. The second kappa shape index (κ2) is 11.0. The Bertz CT molecular complexity index is 3030. The minimum absolute atomic E-state index is 0.148. The molecule has 52 heavy (non-hydrogen) atoms. The first kappa shape index (κ1) is 29.7. The van der Waals surface area contributed by atoms with Crippen LogP contribution in [-0.4, -0.2) is 0 Å². The van der Waals surface area contributed by atoms with E-state index in [2.05, 4.69) is 184 Å². The molecule has 0 fully saturated rings. The Labute approximate surface area is 307 Å². The highest BCUT2D eigenvalue weighted by molar-refractivity contribution is 7.25. The molecule has 244 valence electrons. The lowest BCUT2D eigenvalue weighted by atomic mass is 9.80. The Balaban J connectivity index is 1.05. The summed E-state index contributed by atoms with van der Waals surface area (Å²) in [6.45, 7) is 4.81. The van der Waals surface area contributed by atoms with Crippen molar-refractivity contribution in [1.82, 2.24) is 0 Å². The molecule has 0 unspecified atom stereocenters. The zero-order valence-electron chi connectivity index (χ0n) is 29.1. The van der Waals surface area contributed by atoms with E-state index in [9.17, 15) is 0 Å². The average Bonchev–Trinajstić information content (AvgIpc) is 3.65. The number of thiophene rings is 1. The Kier molecular flexibility index (Phi) is 6.27. The molecule has 0 saturated heterocycles. The van der Waals surface area contributed by atoms with Crippen molar-refractivity contribution in [3.05, 3.63) is 181 Å². The Morgan fingerprint density at radius 3 is 1.48 bits per heavy atom. The SMILES string of the molecule is CC1(C)c2cc(-c3ccc4sc5cc6ccccc6cc5c4c3)ccc2-c2ccc(-c3c4ccccc4c(-c4ccccc4)c4ccccc34)cc21. The van der Waals surface area contributed by atoms with Gasteiger partial charge in [0.05, 0.1) is 0 Å². The summed E-state index contributed by atoms with van der Waals surface area (Å²) in [4.78, 5) is 0. The van der Waals surface area contributed by atoms with Crippen molar-refractivity contribution >= 4 is 63.8 Å². The lowest BCUT2D eigenvalue weighted by molar-refractivity contribution is 0.661. The van der Waals surface area contributed by atoms with Crippen molar-refractivity contribution in [3.63, 3.8) is 0 Å². The van der Waals surface area contributed by atoms with Crippen molar-refractivity contribution in [2.75, 3.05) is 0 Å². The molecule has 0 saturated carbocycles. The van der Waals surface area contributed by atoms with Gasteiger partial charge in [0.25, 0.3) is 0 Å². The van der Waals surface area contributed by atoms with E-state index >= 15 is 0 Å². The van der Waals surface area contributed by atoms with Crippen molar-refractivity contribution in [1.29, 1.82) is 0 Å². The largest absolute Gasteiger partial charge is 0.135 e. The lowest BCUT2D eigenvalue weighted by Crippen LogP contribution is -2.15. The van der Waals surface area contributed by atoms with Gasteiger partial charge in [-0.25, -0.2) is 0 Å². The summed E-state index contributed by atoms with van der Waals surface area (Å²) in [5, 5.41) is 10.4. The molecule has 1 heterocycles. The molecule has 0 nitrogen and oxygen atoms in total. The molecular weight excluding hydrogens is 645 g/mol. The minimum Gasteiger partial charge on any atom is -0.135 e. The fourth-order valence-electron chi connectivity index (χ4n) is 9.07. The van der Waals surface area contributed by atoms with E-state index in [4.69, 9.17) is 0 Å². The van der Waals surface area contributed by atoms with Gasteiger partial charge in [0.15, 0.2) is 0 Å². The quantitative estimate of drug-likeness (QED) is 0.163. The number of benzene rings is 9. The van der Waals surface area contributed by atoms with Crippen LogP contribution < -0.4 is 0 Å². The maximum absolute atomic E-state index is 2.49. The van der Waals surface area contributed by atoms with Gasteiger partial charge in [0.1, 0.15) is 0 Å². The summed E-state index contributed by atoms with van der Waals surface area (Å²) < 4.78 is 2.69. The second-order valence-corrected chi connectivity index (χ2v) is 15.9. The van der Waals surface area contributed by atoms with Gasteiger partial charge in [-0.15, -0.1) is 11.3 Å². The third kappa shape index (κ3) is 4.27. The number of hydrogen-bond donors (Lipinski definition) is 0. The van der Waals surface area contributed by atoms with Crippen LogP contribution >= 0.6 is 11.3 Å². The molecule has 9 aromatic carbocycles. The third-order valence-corrected chi connectivity index (χ3v) is 12.8. The van der Waals surface area contributed by atoms with Gasteiger partial charge in [0, 0.05) is 25.6 Å². The molecule has 1 aliphatic rings. The highest BCUT2D eigenvalue weighted by Gasteiger charge is 2.36. The summed E-state index contributed by atoms with van der Waals surface area (Å²) in [7, 11) is 0. The van der Waals surface area contributed by atoms with Crippen molar-refractivity contribution in [2.24, 2.45) is 0 Å². The molecule has 11 rings (SSSR count). The van der Waals surface area contributed by atoms with E-state index in [1.165, 1.54) is 108 Å². The predicted molar refractivity (Wildman–Crippen MR) is 226 cm³/mol. The highest BCUT2D eigenvalue weighted by atomic mass is 32.1. The standard InChI is InChI=1S/C51H34S/c1-51(2)45-28-35(34-22-25-47-43(27-34)44-26-32-14-6-7-15-33(32)30-48(44)52-47)20-23-37(45)38-24-21-36(29-46(38)51)50-41-18-10-8-16-39(41)49(31-12-4-3-5-13-31)40-17-9-11-19-42(40)50/h3-30H,1-2H3. The molecule has 0 bridgehead atoms. The Morgan fingerprint density at radius 1 is 0.346 bits per heavy atom. The van der Waals surface area contributed by atoms with Crippen LogP contribution in [-0.2, 0) is 5.41 Å². The first-order valence-corrected chi connectivity index (χ1v) is 19.0. The van der Waals surface area contributed by atoms with Gasteiger partial charge < -0.3 is 0 Å². The molecule has 10 aromatic rings. The molecule has 0 aliphatic heterocycles.